The van der Waals surface area contributed by atoms with E-state index in [9.17, 15) is 0 Å². The molecule has 0 amide bonds. The minimum Gasteiger partial charge on any atom is -0.396 e. The first-order chi connectivity index (χ1) is 6.72. The van der Waals surface area contributed by atoms with Gasteiger partial charge in [-0.1, -0.05) is 6.92 Å². The molecule has 1 rings (SSSR count). The molecule has 78 valence electrons. The van der Waals surface area contributed by atoms with Crippen LogP contribution in [0.4, 0.5) is 0 Å². The lowest BCUT2D eigenvalue weighted by atomic mass is 10.3. The molecule has 14 heavy (non-hydrogen) atoms. The van der Waals surface area contributed by atoms with E-state index in [1.165, 1.54) is 0 Å². The largest absolute Gasteiger partial charge is 0.396 e. The van der Waals surface area contributed by atoms with Gasteiger partial charge < -0.3 is 5.11 Å². The molecule has 1 atom stereocenters. The molecule has 0 bridgehead atoms. The molecule has 0 fully saturated rings. The number of aliphatic hydroxyl groups is 1. The molecule has 0 aliphatic rings. The normalized spacial score (nSPS) is 12.8. The fraction of sp³-hybridized carbons (Fsp3) is 0.600. The SMILES string of the molecule is Cc1cnc(CS[C@@H](C)CCO)cn1. The third kappa shape index (κ3) is 4.07. The summed E-state index contributed by atoms with van der Waals surface area (Å²) in [7, 11) is 0. The van der Waals surface area contributed by atoms with E-state index in [0.29, 0.717) is 5.25 Å². The maximum atomic E-state index is 8.73. The van der Waals surface area contributed by atoms with Crippen molar-refractivity contribution in [1.29, 1.82) is 0 Å². The topological polar surface area (TPSA) is 46.0 Å². The van der Waals surface area contributed by atoms with Crippen molar-refractivity contribution < 1.29 is 5.11 Å². The fourth-order valence-corrected chi connectivity index (χ4v) is 1.86. The van der Waals surface area contributed by atoms with Crippen molar-refractivity contribution in [3.05, 3.63) is 23.8 Å². The minimum atomic E-state index is 0.258. The van der Waals surface area contributed by atoms with Crippen molar-refractivity contribution in [2.45, 2.75) is 31.3 Å². The van der Waals surface area contributed by atoms with Crippen LogP contribution in [0.15, 0.2) is 12.4 Å². The highest BCUT2D eigenvalue weighted by atomic mass is 32.2. The molecule has 0 aliphatic heterocycles. The van der Waals surface area contributed by atoms with Crippen LogP contribution in [0.3, 0.4) is 0 Å². The number of aliphatic hydroxyl groups excluding tert-OH is 1. The monoisotopic (exact) mass is 212 g/mol. The Morgan fingerprint density at radius 3 is 2.79 bits per heavy atom. The average molecular weight is 212 g/mol. The van der Waals surface area contributed by atoms with E-state index in [-0.39, 0.29) is 6.61 Å². The van der Waals surface area contributed by atoms with Crippen LogP contribution in [0, 0.1) is 6.92 Å². The maximum Gasteiger partial charge on any atom is 0.0685 e. The van der Waals surface area contributed by atoms with Gasteiger partial charge in [-0.05, 0) is 13.3 Å². The summed E-state index contributed by atoms with van der Waals surface area (Å²) in [6.07, 6.45) is 4.44. The van der Waals surface area contributed by atoms with Gasteiger partial charge in [-0.25, -0.2) is 0 Å². The first kappa shape index (κ1) is 11.5. The number of nitrogens with zero attached hydrogens (tertiary/aromatic N) is 2. The molecule has 0 spiro atoms. The lowest BCUT2D eigenvalue weighted by Crippen LogP contribution is -2.01. The Balaban J connectivity index is 2.34. The molecule has 3 nitrogen and oxygen atoms in total. The van der Waals surface area contributed by atoms with Crippen LogP contribution in [0.1, 0.15) is 24.7 Å². The Labute approximate surface area is 89.0 Å². The van der Waals surface area contributed by atoms with Crippen LogP contribution in [0.2, 0.25) is 0 Å². The molecule has 1 heterocycles. The molecule has 1 aromatic rings. The molecular weight excluding hydrogens is 196 g/mol. The van der Waals surface area contributed by atoms with Gasteiger partial charge in [0.05, 0.1) is 11.4 Å². The van der Waals surface area contributed by atoms with Crippen molar-refractivity contribution >= 4 is 11.8 Å². The average Bonchev–Trinajstić information content (AvgIpc) is 2.17. The standard InChI is InChI=1S/C10H16N2OS/c1-8-5-12-10(6-11-8)7-14-9(2)3-4-13/h5-6,9,13H,3-4,7H2,1-2H3/t9-/m0/s1. The van der Waals surface area contributed by atoms with Gasteiger partial charge in [-0.15, -0.1) is 0 Å². The lowest BCUT2D eigenvalue weighted by molar-refractivity contribution is 0.289. The van der Waals surface area contributed by atoms with E-state index in [2.05, 4.69) is 16.9 Å². The van der Waals surface area contributed by atoms with Gasteiger partial charge in [0.2, 0.25) is 0 Å². The molecule has 0 aliphatic carbocycles. The van der Waals surface area contributed by atoms with Gasteiger partial charge >= 0.3 is 0 Å². The van der Waals surface area contributed by atoms with Crippen LogP contribution in [0.5, 0.6) is 0 Å². The van der Waals surface area contributed by atoms with Crippen LogP contribution in [-0.4, -0.2) is 26.9 Å². The summed E-state index contributed by atoms with van der Waals surface area (Å²) in [5, 5.41) is 9.20. The minimum absolute atomic E-state index is 0.258. The number of aryl methyl sites for hydroxylation is 1. The number of hydrogen-bond acceptors (Lipinski definition) is 4. The predicted molar refractivity (Wildman–Crippen MR) is 59.2 cm³/mol. The summed E-state index contributed by atoms with van der Waals surface area (Å²) in [6.45, 7) is 4.30. The van der Waals surface area contributed by atoms with Crippen LogP contribution in [0.25, 0.3) is 0 Å². The molecule has 1 aromatic heterocycles. The van der Waals surface area contributed by atoms with Crippen molar-refractivity contribution in [2.24, 2.45) is 0 Å². The third-order valence-corrected chi connectivity index (χ3v) is 3.15. The Morgan fingerprint density at radius 1 is 1.43 bits per heavy atom. The molecule has 0 unspecified atom stereocenters. The molecule has 0 saturated carbocycles. The van der Waals surface area contributed by atoms with Gasteiger partial charge in [-0.3, -0.25) is 9.97 Å². The summed E-state index contributed by atoms with van der Waals surface area (Å²) >= 11 is 1.80. The highest BCUT2D eigenvalue weighted by Crippen LogP contribution is 2.17. The van der Waals surface area contributed by atoms with E-state index in [1.807, 2.05) is 13.1 Å². The number of hydrogen-bond donors (Lipinski definition) is 1. The van der Waals surface area contributed by atoms with E-state index < -0.39 is 0 Å². The second-order valence-electron chi connectivity index (χ2n) is 3.28. The lowest BCUT2D eigenvalue weighted by Gasteiger charge is -2.08. The van der Waals surface area contributed by atoms with E-state index in [1.54, 1.807) is 18.0 Å². The third-order valence-electron chi connectivity index (χ3n) is 1.89. The molecule has 0 aromatic carbocycles. The van der Waals surface area contributed by atoms with Gasteiger partial charge in [0.25, 0.3) is 0 Å². The van der Waals surface area contributed by atoms with Gasteiger partial charge in [0.1, 0.15) is 0 Å². The summed E-state index contributed by atoms with van der Waals surface area (Å²) in [4.78, 5) is 8.44. The van der Waals surface area contributed by atoms with Crippen molar-refractivity contribution in [2.75, 3.05) is 6.61 Å². The fourth-order valence-electron chi connectivity index (χ4n) is 0.987. The number of rotatable bonds is 5. The second-order valence-corrected chi connectivity index (χ2v) is 4.71. The summed E-state index contributed by atoms with van der Waals surface area (Å²) in [6, 6.07) is 0. The Hall–Kier alpha value is -0.610. The van der Waals surface area contributed by atoms with E-state index in [0.717, 1.165) is 23.6 Å². The zero-order valence-electron chi connectivity index (χ0n) is 8.60. The molecule has 4 heteroatoms. The summed E-state index contributed by atoms with van der Waals surface area (Å²) in [5.74, 6) is 0.869. The van der Waals surface area contributed by atoms with E-state index in [4.69, 9.17) is 5.11 Å². The highest BCUT2D eigenvalue weighted by molar-refractivity contribution is 7.99. The first-order valence-electron chi connectivity index (χ1n) is 4.72. The highest BCUT2D eigenvalue weighted by Gasteiger charge is 2.03. The van der Waals surface area contributed by atoms with Crippen LogP contribution >= 0.6 is 11.8 Å². The second kappa shape index (κ2) is 5.98. The summed E-state index contributed by atoms with van der Waals surface area (Å²) in [5.41, 5.74) is 1.95. The number of thioether (sulfide) groups is 1. The van der Waals surface area contributed by atoms with Gasteiger partial charge in [0, 0.05) is 30.0 Å². The number of aromatic nitrogens is 2. The summed E-state index contributed by atoms with van der Waals surface area (Å²) < 4.78 is 0. The molecule has 0 radical (unpaired) electrons. The van der Waals surface area contributed by atoms with E-state index >= 15 is 0 Å². The van der Waals surface area contributed by atoms with Crippen molar-refractivity contribution in [3.63, 3.8) is 0 Å². The zero-order chi connectivity index (χ0) is 10.4. The zero-order valence-corrected chi connectivity index (χ0v) is 9.42. The van der Waals surface area contributed by atoms with Gasteiger partial charge in [-0.2, -0.15) is 11.8 Å². The quantitative estimate of drug-likeness (QED) is 0.808. The maximum absolute atomic E-state index is 8.73. The molecule has 0 saturated heterocycles. The molecule has 1 N–H and O–H groups in total. The van der Waals surface area contributed by atoms with Crippen LogP contribution < -0.4 is 0 Å². The Morgan fingerprint density at radius 2 is 2.21 bits per heavy atom. The molecular formula is C10H16N2OS. The smallest absolute Gasteiger partial charge is 0.0685 e. The van der Waals surface area contributed by atoms with Crippen molar-refractivity contribution in [1.82, 2.24) is 9.97 Å². The predicted octanol–water partition coefficient (Wildman–Crippen LogP) is 1.79. The van der Waals surface area contributed by atoms with Crippen LogP contribution in [-0.2, 0) is 5.75 Å². The Bertz CT molecular complexity index is 263. The first-order valence-corrected chi connectivity index (χ1v) is 5.77. The van der Waals surface area contributed by atoms with Crippen molar-refractivity contribution in [3.8, 4) is 0 Å². The Kier molecular flexibility index (Phi) is 4.90. The van der Waals surface area contributed by atoms with Gasteiger partial charge in [0.15, 0.2) is 0 Å².